The Kier molecular flexibility index (Phi) is 6.70. The summed E-state index contributed by atoms with van der Waals surface area (Å²) in [6.07, 6.45) is 7.34. The minimum Gasteiger partial charge on any atom is -0.368 e. The van der Waals surface area contributed by atoms with Crippen molar-refractivity contribution in [2.24, 2.45) is 0 Å². The average Bonchev–Trinajstić information content (AvgIpc) is 2.67. The highest BCUT2D eigenvalue weighted by molar-refractivity contribution is 5.78. The summed E-state index contributed by atoms with van der Waals surface area (Å²) in [6.45, 7) is 10.6. The van der Waals surface area contributed by atoms with Crippen molar-refractivity contribution < 1.29 is 4.79 Å². The number of amides is 1. The molecule has 1 aliphatic carbocycles. The molecule has 0 radical (unpaired) electrons. The molecule has 3 aliphatic rings. The van der Waals surface area contributed by atoms with Gasteiger partial charge in [-0.2, -0.15) is 0 Å². The Hall–Kier alpha value is -1.66. The van der Waals surface area contributed by atoms with Gasteiger partial charge < -0.3 is 10.2 Å². The molecule has 0 spiro atoms. The van der Waals surface area contributed by atoms with Crippen LogP contribution in [-0.2, 0) is 17.8 Å². The maximum atomic E-state index is 12.8. The molecule has 2 aliphatic heterocycles. The van der Waals surface area contributed by atoms with E-state index in [0.717, 1.165) is 64.0 Å². The van der Waals surface area contributed by atoms with Crippen molar-refractivity contribution in [2.45, 2.75) is 71.0 Å². The first kappa shape index (κ1) is 20.6. The average molecular weight is 400 g/mol. The molecule has 160 valence electrons. The summed E-state index contributed by atoms with van der Waals surface area (Å²) in [5.41, 5.74) is 2.46. The minimum absolute atomic E-state index is 0.293. The van der Waals surface area contributed by atoms with Crippen molar-refractivity contribution >= 4 is 11.7 Å². The molecule has 1 unspecified atom stereocenters. The van der Waals surface area contributed by atoms with Crippen LogP contribution in [0.15, 0.2) is 12.1 Å². The van der Waals surface area contributed by atoms with E-state index >= 15 is 0 Å². The number of carbonyl (C=O) groups excluding carboxylic acids is 1. The lowest BCUT2D eigenvalue weighted by molar-refractivity contribution is -0.135. The van der Waals surface area contributed by atoms with Crippen LogP contribution >= 0.6 is 0 Å². The second kappa shape index (κ2) is 9.43. The number of fused-ring (bicyclic) bond motifs is 1. The molecule has 4 rings (SSSR count). The summed E-state index contributed by atoms with van der Waals surface area (Å²) in [6, 6.07) is 5.53. The van der Waals surface area contributed by atoms with Crippen molar-refractivity contribution in [2.75, 3.05) is 44.6 Å². The highest BCUT2D eigenvalue weighted by Gasteiger charge is 2.30. The fraction of sp³-hybridized carbons (Fsp3) is 0.739. The molecule has 0 bridgehead atoms. The molecule has 2 fully saturated rings. The second-order valence-corrected chi connectivity index (χ2v) is 9.10. The van der Waals surface area contributed by atoms with Gasteiger partial charge in [-0.1, -0.05) is 25.8 Å². The van der Waals surface area contributed by atoms with Gasteiger partial charge in [-0.05, 0) is 37.8 Å². The van der Waals surface area contributed by atoms with Gasteiger partial charge >= 0.3 is 0 Å². The number of piperazine rings is 1. The van der Waals surface area contributed by atoms with Crippen LogP contribution in [0.1, 0.15) is 57.2 Å². The Bertz CT molecular complexity index is 697. The van der Waals surface area contributed by atoms with Gasteiger partial charge in [-0.25, -0.2) is 4.98 Å². The number of hydrogen-bond donors (Lipinski definition) is 1. The standard InChI is InChI=1S/C23H37N5O/c1-3-5-18(2)24-22-9-8-19-16-26(11-10-21(19)25-22)17-23(29)28-14-12-27(13-15-28)20-6-4-7-20/h8-9,18,20H,3-7,10-17H2,1-2H3,(H,24,25). The quantitative estimate of drug-likeness (QED) is 0.764. The lowest BCUT2D eigenvalue weighted by atomic mass is 9.91. The monoisotopic (exact) mass is 399 g/mol. The minimum atomic E-state index is 0.293. The van der Waals surface area contributed by atoms with Crippen LogP contribution in [0.3, 0.4) is 0 Å². The zero-order valence-electron chi connectivity index (χ0n) is 18.2. The molecular formula is C23H37N5O. The molecular weight excluding hydrogens is 362 g/mol. The van der Waals surface area contributed by atoms with Gasteiger partial charge in [0.15, 0.2) is 0 Å². The van der Waals surface area contributed by atoms with Crippen molar-refractivity contribution in [3.05, 3.63) is 23.4 Å². The SMILES string of the molecule is CCCC(C)Nc1ccc2c(n1)CCN(CC(=O)N1CCN(C3CCC3)CC1)C2. The number of hydrogen-bond acceptors (Lipinski definition) is 5. The van der Waals surface area contributed by atoms with E-state index in [1.165, 1.54) is 36.9 Å². The molecule has 6 heteroatoms. The van der Waals surface area contributed by atoms with Crippen LogP contribution in [0.5, 0.6) is 0 Å². The van der Waals surface area contributed by atoms with E-state index in [2.05, 4.69) is 46.0 Å². The number of nitrogens with one attached hydrogen (secondary N) is 1. The molecule has 1 saturated heterocycles. The Morgan fingerprint density at radius 3 is 2.69 bits per heavy atom. The van der Waals surface area contributed by atoms with E-state index < -0.39 is 0 Å². The van der Waals surface area contributed by atoms with Gasteiger partial charge in [0.25, 0.3) is 0 Å². The molecule has 1 N–H and O–H groups in total. The smallest absolute Gasteiger partial charge is 0.236 e. The summed E-state index contributed by atoms with van der Waals surface area (Å²) in [5.74, 6) is 1.28. The third-order valence-electron chi connectivity index (χ3n) is 6.86. The molecule has 29 heavy (non-hydrogen) atoms. The molecule has 1 amide bonds. The maximum absolute atomic E-state index is 12.8. The molecule has 0 aromatic carbocycles. The number of rotatable bonds is 7. The zero-order valence-corrected chi connectivity index (χ0v) is 18.2. The first-order valence-corrected chi connectivity index (χ1v) is 11.6. The van der Waals surface area contributed by atoms with Gasteiger partial charge in [-0.3, -0.25) is 14.6 Å². The first-order valence-electron chi connectivity index (χ1n) is 11.6. The first-order chi connectivity index (χ1) is 14.1. The number of carbonyl (C=O) groups is 1. The fourth-order valence-corrected chi connectivity index (χ4v) is 4.83. The summed E-state index contributed by atoms with van der Waals surface area (Å²) in [4.78, 5) is 24.6. The van der Waals surface area contributed by atoms with Crippen LogP contribution in [0, 0.1) is 0 Å². The predicted molar refractivity (Wildman–Crippen MR) is 117 cm³/mol. The fourth-order valence-electron chi connectivity index (χ4n) is 4.83. The number of pyridine rings is 1. The van der Waals surface area contributed by atoms with E-state index in [0.29, 0.717) is 18.5 Å². The van der Waals surface area contributed by atoms with Gasteiger partial charge in [0.05, 0.1) is 6.54 Å². The summed E-state index contributed by atoms with van der Waals surface area (Å²) >= 11 is 0. The molecule has 1 atom stereocenters. The third kappa shape index (κ3) is 5.10. The number of anilines is 1. The highest BCUT2D eigenvalue weighted by Crippen LogP contribution is 2.25. The predicted octanol–water partition coefficient (Wildman–Crippen LogP) is 2.74. The lowest BCUT2D eigenvalue weighted by Crippen LogP contribution is -2.55. The Morgan fingerprint density at radius 1 is 1.21 bits per heavy atom. The lowest BCUT2D eigenvalue weighted by Gasteiger charge is -2.43. The maximum Gasteiger partial charge on any atom is 0.236 e. The second-order valence-electron chi connectivity index (χ2n) is 9.10. The zero-order chi connectivity index (χ0) is 20.2. The van der Waals surface area contributed by atoms with Crippen LogP contribution in [0.2, 0.25) is 0 Å². The van der Waals surface area contributed by atoms with Crippen molar-refractivity contribution in [1.82, 2.24) is 19.7 Å². The van der Waals surface area contributed by atoms with Gasteiger partial charge in [-0.15, -0.1) is 0 Å². The van der Waals surface area contributed by atoms with E-state index in [4.69, 9.17) is 4.98 Å². The summed E-state index contributed by atoms with van der Waals surface area (Å²) in [7, 11) is 0. The van der Waals surface area contributed by atoms with Gasteiger partial charge in [0, 0.05) is 63.5 Å². The Morgan fingerprint density at radius 2 is 2.00 bits per heavy atom. The normalized spacial score (nSPS) is 22.1. The molecule has 3 heterocycles. The van der Waals surface area contributed by atoms with Crippen LogP contribution in [0.25, 0.3) is 0 Å². The topological polar surface area (TPSA) is 51.7 Å². The van der Waals surface area contributed by atoms with Crippen LogP contribution in [0.4, 0.5) is 5.82 Å². The van der Waals surface area contributed by atoms with E-state index in [1.807, 2.05) is 0 Å². The van der Waals surface area contributed by atoms with E-state index in [1.54, 1.807) is 0 Å². The van der Waals surface area contributed by atoms with Crippen molar-refractivity contribution in [3.63, 3.8) is 0 Å². The highest BCUT2D eigenvalue weighted by atomic mass is 16.2. The summed E-state index contributed by atoms with van der Waals surface area (Å²) < 4.78 is 0. The molecule has 1 aromatic rings. The largest absolute Gasteiger partial charge is 0.368 e. The molecule has 1 saturated carbocycles. The number of aromatic nitrogens is 1. The third-order valence-corrected chi connectivity index (χ3v) is 6.86. The van der Waals surface area contributed by atoms with Crippen LogP contribution in [-0.4, -0.2) is 76.9 Å². The van der Waals surface area contributed by atoms with Gasteiger partial charge in [0.1, 0.15) is 5.82 Å². The van der Waals surface area contributed by atoms with Crippen LogP contribution < -0.4 is 5.32 Å². The number of nitrogens with zero attached hydrogens (tertiary/aromatic N) is 4. The van der Waals surface area contributed by atoms with Gasteiger partial charge in [0.2, 0.25) is 5.91 Å². The Balaban J connectivity index is 1.26. The molecule has 6 nitrogen and oxygen atoms in total. The van der Waals surface area contributed by atoms with Crippen molar-refractivity contribution in [3.8, 4) is 0 Å². The summed E-state index contributed by atoms with van der Waals surface area (Å²) in [5, 5.41) is 3.51. The molecule has 1 aromatic heterocycles. The van der Waals surface area contributed by atoms with Crippen molar-refractivity contribution in [1.29, 1.82) is 0 Å². The Labute approximate surface area is 175 Å². The van der Waals surface area contributed by atoms with E-state index in [-0.39, 0.29) is 0 Å². The van der Waals surface area contributed by atoms with E-state index in [9.17, 15) is 4.79 Å².